The Balaban J connectivity index is 0.931. The van der Waals surface area contributed by atoms with Gasteiger partial charge < -0.3 is 9.47 Å². The van der Waals surface area contributed by atoms with E-state index in [0.29, 0.717) is 0 Å². The fourth-order valence-corrected chi connectivity index (χ4v) is 8.96. The number of para-hydroxylation sites is 2. The Bertz CT molecular complexity index is 3280. The maximum Gasteiger partial charge on any atom is 0.0547 e. The first-order valence-corrected chi connectivity index (χ1v) is 21.3. The molecule has 1 heterocycles. The average Bonchev–Trinajstić information content (AvgIpc) is 3.70. The second-order valence-corrected chi connectivity index (χ2v) is 15.8. The molecule has 0 fully saturated rings. The molecule has 0 aliphatic carbocycles. The van der Waals surface area contributed by atoms with Crippen LogP contribution in [0.25, 0.3) is 83.1 Å². The van der Waals surface area contributed by atoms with Crippen LogP contribution in [-0.4, -0.2) is 4.57 Å². The lowest BCUT2D eigenvalue weighted by Crippen LogP contribution is -2.09. The maximum atomic E-state index is 2.42. The minimum atomic E-state index is 1.11. The third-order valence-corrected chi connectivity index (χ3v) is 12.0. The van der Waals surface area contributed by atoms with Gasteiger partial charge in [0.15, 0.2) is 0 Å². The maximum absolute atomic E-state index is 2.42. The number of aromatic nitrogens is 1. The topological polar surface area (TPSA) is 8.17 Å². The molecule has 0 saturated heterocycles. The van der Waals surface area contributed by atoms with Crippen molar-refractivity contribution in [2.45, 2.75) is 0 Å². The molecule has 10 aromatic carbocycles. The summed E-state index contributed by atoms with van der Waals surface area (Å²) in [7, 11) is 0. The molecule has 2 heteroatoms. The van der Waals surface area contributed by atoms with Crippen molar-refractivity contribution in [3.63, 3.8) is 0 Å². The van der Waals surface area contributed by atoms with Crippen LogP contribution in [0.15, 0.2) is 255 Å². The lowest BCUT2D eigenvalue weighted by atomic mass is 9.95. The molecule has 11 aromatic rings. The first kappa shape index (κ1) is 36.8. The lowest BCUT2D eigenvalue weighted by molar-refractivity contribution is 1.18. The van der Waals surface area contributed by atoms with Crippen molar-refractivity contribution in [2.75, 3.05) is 4.90 Å². The van der Waals surface area contributed by atoms with Gasteiger partial charge in [-0.05, 0) is 122 Å². The Morgan fingerprint density at radius 2 is 0.661 bits per heavy atom. The molecule has 0 N–H and O–H groups in total. The number of anilines is 3. The molecule has 0 saturated carbocycles. The molecule has 0 radical (unpaired) electrons. The summed E-state index contributed by atoms with van der Waals surface area (Å²) in [5.41, 5.74) is 18.9. The minimum absolute atomic E-state index is 1.11. The largest absolute Gasteiger partial charge is 0.311 e. The van der Waals surface area contributed by atoms with E-state index in [-0.39, 0.29) is 0 Å². The third kappa shape index (κ3) is 6.94. The number of hydrogen-bond donors (Lipinski definition) is 0. The summed E-state index contributed by atoms with van der Waals surface area (Å²) < 4.78 is 2.42. The van der Waals surface area contributed by atoms with Crippen LogP contribution in [0.1, 0.15) is 0 Å². The fraction of sp³-hybridized carbons (Fsp3) is 0. The molecule has 11 rings (SSSR count). The summed E-state index contributed by atoms with van der Waals surface area (Å²) in [6.07, 6.45) is 0. The average molecular weight is 791 g/mol. The van der Waals surface area contributed by atoms with Crippen molar-refractivity contribution in [3.05, 3.63) is 255 Å². The Hall–Kier alpha value is -8.20. The van der Waals surface area contributed by atoms with Crippen molar-refractivity contribution in [2.24, 2.45) is 0 Å². The Morgan fingerprint density at radius 1 is 0.258 bits per heavy atom. The first-order chi connectivity index (χ1) is 30.7. The predicted octanol–water partition coefficient (Wildman–Crippen LogP) is 16.6. The van der Waals surface area contributed by atoms with Gasteiger partial charge in [0.1, 0.15) is 0 Å². The lowest BCUT2D eigenvalue weighted by Gasteiger charge is -2.26. The molecular weight excluding hydrogens is 749 g/mol. The quantitative estimate of drug-likeness (QED) is 0.141. The normalized spacial score (nSPS) is 11.2. The van der Waals surface area contributed by atoms with Crippen LogP contribution >= 0.6 is 0 Å². The molecule has 292 valence electrons. The molecule has 62 heavy (non-hydrogen) atoms. The van der Waals surface area contributed by atoms with Crippen molar-refractivity contribution in [3.8, 4) is 61.3 Å². The van der Waals surface area contributed by atoms with Gasteiger partial charge in [0, 0.05) is 33.5 Å². The highest BCUT2D eigenvalue weighted by Crippen LogP contribution is 2.42. The monoisotopic (exact) mass is 790 g/mol. The highest BCUT2D eigenvalue weighted by Gasteiger charge is 2.18. The van der Waals surface area contributed by atoms with Crippen LogP contribution in [0.3, 0.4) is 0 Å². The first-order valence-electron chi connectivity index (χ1n) is 21.3. The number of benzene rings is 10. The molecule has 1 aromatic heterocycles. The Kier molecular flexibility index (Phi) is 9.57. The van der Waals surface area contributed by atoms with E-state index in [2.05, 4.69) is 264 Å². The Morgan fingerprint density at radius 3 is 1.26 bits per heavy atom. The zero-order valence-corrected chi connectivity index (χ0v) is 34.1. The zero-order valence-electron chi connectivity index (χ0n) is 34.1. The second-order valence-electron chi connectivity index (χ2n) is 15.8. The molecule has 2 nitrogen and oxygen atoms in total. The molecule has 0 atom stereocenters. The number of hydrogen-bond acceptors (Lipinski definition) is 1. The van der Waals surface area contributed by atoms with Crippen LogP contribution in [0.4, 0.5) is 17.1 Å². The van der Waals surface area contributed by atoms with Gasteiger partial charge in [0.25, 0.3) is 0 Å². The van der Waals surface area contributed by atoms with E-state index in [1.54, 1.807) is 0 Å². The number of fused-ring (bicyclic) bond motifs is 3. The van der Waals surface area contributed by atoms with Gasteiger partial charge in [-0.1, -0.05) is 188 Å². The van der Waals surface area contributed by atoms with E-state index in [9.17, 15) is 0 Å². The van der Waals surface area contributed by atoms with Crippen LogP contribution in [-0.2, 0) is 0 Å². The standard InChI is InChI=1S/C60H42N2/c1-5-15-43(16-6-1)46-31-36-54(37-32-46)61(52-21-9-3-10-22-52)55-38-33-47(34-39-55)45-27-29-48(30-28-45)50-35-40-57-59(42-50)62(53-23-11-4-12-24-53)58-26-14-25-56(60(57)58)51-20-13-19-49(41-51)44-17-7-2-8-18-44/h1-42H. The number of nitrogens with zero attached hydrogens (tertiary/aromatic N) is 2. The molecular formula is C60H42N2. The smallest absolute Gasteiger partial charge is 0.0547 e. The van der Waals surface area contributed by atoms with E-state index < -0.39 is 0 Å². The summed E-state index contributed by atoms with van der Waals surface area (Å²) in [4.78, 5) is 2.32. The van der Waals surface area contributed by atoms with Crippen LogP contribution in [0, 0.1) is 0 Å². The highest BCUT2D eigenvalue weighted by molar-refractivity contribution is 6.16. The van der Waals surface area contributed by atoms with Crippen LogP contribution < -0.4 is 4.90 Å². The van der Waals surface area contributed by atoms with Crippen molar-refractivity contribution >= 4 is 38.9 Å². The molecule has 0 bridgehead atoms. The minimum Gasteiger partial charge on any atom is -0.311 e. The zero-order chi connectivity index (χ0) is 41.2. The number of rotatable bonds is 9. The van der Waals surface area contributed by atoms with Gasteiger partial charge in [-0.3, -0.25) is 0 Å². The molecule has 0 aliphatic heterocycles. The summed E-state index contributed by atoms with van der Waals surface area (Å²) in [6, 6.07) is 91.9. The van der Waals surface area contributed by atoms with E-state index >= 15 is 0 Å². The van der Waals surface area contributed by atoms with Crippen molar-refractivity contribution in [1.82, 2.24) is 4.57 Å². The van der Waals surface area contributed by atoms with Gasteiger partial charge in [-0.25, -0.2) is 0 Å². The van der Waals surface area contributed by atoms with Crippen LogP contribution in [0.2, 0.25) is 0 Å². The molecule has 0 spiro atoms. The molecule has 0 amide bonds. The van der Waals surface area contributed by atoms with Gasteiger partial charge in [0.05, 0.1) is 11.0 Å². The van der Waals surface area contributed by atoms with Crippen LogP contribution in [0.5, 0.6) is 0 Å². The van der Waals surface area contributed by atoms with Crippen molar-refractivity contribution < 1.29 is 0 Å². The van der Waals surface area contributed by atoms with E-state index in [1.807, 2.05) is 0 Å². The predicted molar refractivity (Wildman–Crippen MR) is 263 cm³/mol. The van der Waals surface area contributed by atoms with Gasteiger partial charge in [-0.2, -0.15) is 0 Å². The fourth-order valence-electron chi connectivity index (χ4n) is 8.96. The second kappa shape index (κ2) is 16.1. The van der Waals surface area contributed by atoms with Gasteiger partial charge in [-0.15, -0.1) is 0 Å². The summed E-state index contributed by atoms with van der Waals surface area (Å²) in [5.74, 6) is 0. The van der Waals surface area contributed by atoms with Gasteiger partial charge in [0.2, 0.25) is 0 Å². The summed E-state index contributed by atoms with van der Waals surface area (Å²) in [5, 5.41) is 2.50. The molecule has 0 unspecified atom stereocenters. The summed E-state index contributed by atoms with van der Waals surface area (Å²) >= 11 is 0. The highest BCUT2D eigenvalue weighted by atomic mass is 15.1. The van der Waals surface area contributed by atoms with E-state index in [4.69, 9.17) is 0 Å². The Labute approximate surface area is 362 Å². The van der Waals surface area contributed by atoms with E-state index in [1.165, 1.54) is 77.4 Å². The van der Waals surface area contributed by atoms with E-state index in [0.717, 1.165) is 22.7 Å². The van der Waals surface area contributed by atoms with Gasteiger partial charge >= 0.3 is 0 Å². The van der Waals surface area contributed by atoms with Crippen molar-refractivity contribution in [1.29, 1.82) is 0 Å². The third-order valence-electron chi connectivity index (χ3n) is 12.0. The molecule has 0 aliphatic rings. The summed E-state index contributed by atoms with van der Waals surface area (Å²) in [6.45, 7) is 0. The SMILES string of the molecule is c1ccc(-c2ccc(N(c3ccccc3)c3ccc(-c4ccc(-c5ccc6c7c(-c8cccc(-c9ccccc9)c8)cccc7n(-c7ccccc7)c6c5)cc4)cc3)cc2)cc1.